The molecule has 6 heteroatoms. The predicted molar refractivity (Wildman–Crippen MR) is 87.9 cm³/mol. The standard InChI is InChI=1S/C17H28N4O2/c22-15(14-5-2-1-3-6-14)13-19-16(23)17(7-10-18-11-8-17)21-12-4-9-20-21/h4,9,12,14-15,18,22H,1-3,5-8,10-11,13H2,(H,19,23). The summed E-state index contributed by atoms with van der Waals surface area (Å²) in [5, 5.41) is 21.0. The van der Waals surface area contributed by atoms with Crippen LogP contribution in [0.25, 0.3) is 0 Å². The normalized spacial score (nSPS) is 23.3. The second kappa shape index (κ2) is 7.45. The molecular formula is C17H28N4O2. The van der Waals surface area contributed by atoms with Gasteiger partial charge in [0.1, 0.15) is 5.54 Å². The van der Waals surface area contributed by atoms with Crippen LogP contribution in [-0.2, 0) is 10.3 Å². The molecule has 0 radical (unpaired) electrons. The summed E-state index contributed by atoms with van der Waals surface area (Å²) in [6.45, 7) is 1.96. The maximum absolute atomic E-state index is 12.9. The van der Waals surface area contributed by atoms with E-state index in [1.54, 1.807) is 10.9 Å². The van der Waals surface area contributed by atoms with Gasteiger partial charge in [-0.1, -0.05) is 19.3 Å². The van der Waals surface area contributed by atoms with Crippen LogP contribution in [0.5, 0.6) is 0 Å². The van der Waals surface area contributed by atoms with E-state index < -0.39 is 11.6 Å². The molecule has 23 heavy (non-hydrogen) atoms. The minimum atomic E-state index is -0.624. The van der Waals surface area contributed by atoms with E-state index in [9.17, 15) is 9.90 Å². The third kappa shape index (κ3) is 3.58. The van der Waals surface area contributed by atoms with Crippen LogP contribution in [0.4, 0.5) is 0 Å². The number of amides is 1. The molecule has 0 aromatic carbocycles. The van der Waals surface area contributed by atoms with Gasteiger partial charge >= 0.3 is 0 Å². The van der Waals surface area contributed by atoms with Gasteiger partial charge in [-0.2, -0.15) is 5.10 Å². The van der Waals surface area contributed by atoms with Crippen molar-refractivity contribution >= 4 is 5.91 Å². The third-order valence-electron chi connectivity index (χ3n) is 5.46. The first-order chi connectivity index (χ1) is 11.2. The number of hydrogen-bond donors (Lipinski definition) is 3. The molecule has 1 atom stereocenters. The van der Waals surface area contributed by atoms with E-state index in [1.165, 1.54) is 19.3 Å². The van der Waals surface area contributed by atoms with Crippen molar-refractivity contribution in [2.24, 2.45) is 5.92 Å². The van der Waals surface area contributed by atoms with E-state index in [2.05, 4.69) is 15.7 Å². The van der Waals surface area contributed by atoms with E-state index >= 15 is 0 Å². The lowest BCUT2D eigenvalue weighted by atomic mass is 9.84. The van der Waals surface area contributed by atoms with E-state index in [-0.39, 0.29) is 5.91 Å². The average Bonchev–Trinajstić information content (AvgIpc) is 3.16. The lowest BCUT2D eigenvalue weighted by Gasteiger charge is -2.37. The number of aromatic nitrogens is 2. The maximum Gasteiger partial charge on any atom is 0.248 e. The van der Waals surface area contributed by atoms with Crippen molar-refractivity contribution < 1.29 is 9.90 Å². The molecular weight excluding hydrogens is 292 g/mol. The molecule has 1 unspecified atom stereocenters. The molecule has 1 aliphatic heterocycles. The van der Waals surface area contributed by atoms with Crippen LogP contribution in [0.2, 0.25) is 0 Å². The summed E-state index contributed by atoms with van der Waals surface area (Å²) in [5.74, 6) is 0.315. The first-order valence-electron chi connectivity index (χ1n) is 8.89. The number of rotatable bonds is 5. The molecule has 1 aromatic rings. The molecule has 1 saturated carbocycles. The Morgan fingerprint density at radius 3 is 2.74 bits per heavy atom. The number of hydrogen-bond acceptors (Lipinski definition) is 4. The van der Waals surface area contributed by atoms with Gasteiger partial charge in [0, 0.05) is 18.9 Å². The third-order valence-corrected chi connectivity index (χ3v) is 5.46. The minimum absolute atomic E-state index is 0.0161. The summed E-state index contributed by atoms with van der Waals surface area (Å²) in [7, 11) is 0. The molecule has 0 spiro atoms. The van der Waals surface area contributed by atoms with Gasteiger partial charge in [-0.15, -0.1) is 0 Å². The van der Waals surface area contributed by atoms with Crippen molar-refractivity contribution in [1.82, 2.24) is 20.4 Å². The smallest absolute Gasteiger partial charge is 0.248 e. The Morgan fingerprint density at radius 1 is 1.35 bits per heavy atom. The highest BCUT2D eigenvalue weighted by Gasteiger charge is 2.42. The molecule has 0 bridgehead atoms. The minimum Gasteiger partial charge on any atom is -0.391 e. The average molecular weight is 320 g/mol. The lowest BCUT2D eigenvalue weighted by molar-refractivity contribution is -0.132. The van der Waals surface area contributed by atoms with Crippen LogP contribution < -0.4 is 10.6 Å². The van der Waals surface area contributed by atoms with Crippen LogP contribution >= 0.6 is 0 Å². The zero-order chi connectivity index (χ0) is 16.1. The zero-order valence-corrected chi connectivity index (χ0v) is 13.7. The number of aliphatic hydroxyl groups is 1. The number of nitrogens with zero attached hydrogens (tertiary/aromatic N) is 2. The van der Waals surface area contributed by atoms with Gasteiger partial charge in [-0.25, -0.2) is 0 Å². The molecule has 3 rings (SSSR count). The van der Waals surface area contributed by atoms with E-state index in [1.807, 2.05) is 12.3 Å². The highest BCUT2D eigenvalue weighted by Crippen LogP contribution is 2.28. The van der Waals surface area contributed by atoms with Gasteiger partial charge < -0.3 is 15.7 Å². The number of carbonyl (C=O) groups excluding carboxylic acids is 1. The molecule has 1 aliphatic carbocycles. The Balaban J connectivity index is 1.62. The highest BCUT2D eigenvalue weighted by atomic mass is 16.3. The largest absolute Gasteiger partial charge is 0.391 e. The fourth-order valence-corrected chi connectivity index (χ4v) is 3.97. The second-order valence-corrected chi connectivity index (χ2v) is 6.91. The number of aliphatic hydroxyl groups excluding tert-OH is 1. The molecule has 2 aliphatic rings. The summed E-state index contributed by atoms with van der Waals surface area (Å²) < 4.78 is 1.79. The lowest BCUT2D eigenvalue weighted by Crippen LogP contribution is -2.55. The Kier molecular flexibility index (Phi) is 5.33. The van der Waals surface area contributed by atoms with Crippen LogP contribution in [-0.4, -0.2) is 46.5 Å². The zero-order valence-electron chi connectivity index (χ0n) is 13.7. The summed E-state index contributed by atoms with van der Waals surface area (Å²) in [4.78, 5) is 12.9. The monoisotopic (exact) mass is 320 g/mol. The number of nitrogens with one attached hydrogen (secondary N) is 2. The molecule has 2 heterocycles. The van der Waals surface area contributed by atoms with Gasteiger partial charge in [-0.05, 0) is 50.8 Å². The number of piperidine rings is 1. The fraction of sp³-hybridized carbons (Fsp3) is 0.765. The molecule has 3 N–H and O–H groups in total. The van der Waals surface area contributed by atoms with Crippen molar-refractivity contribution in [3.63, 3.8) is 0 Å². The maximum atomic E-state index is 12.9. The van der Waals surface area contributed by atoms with Crippen LogP contribution in [0.1, 0.15) is 44.9 Å². The molecule has 1 saturated heterocycles. The second-order valence-electron chi connectivity index (χ2n) is 6.91. The Morgan fingerprint density at radius 2 is 2.09 bits per heavy atom. The van der Waals surface area contributed by atoms with E-state index in [0.29, 0.717) is 12.5 Å². The Hall–Kier alpha value is -1.40. The van der Waals surface area contributed by atoms with Crippen molar-refractivity contribution in [3.05, 3.63) is 18.5 Å². The number of carbonyl (C=O) groups is 1. The Bertz CT molecular complexity index is 491. The van der Waals surface area contributed by atoms with Crippen LogP contribution in [0, 0.1) is 5.92 Å². The fourth-order valence-electron chi connectivity index (χ4n) is 3.97. The summed E-state index contributed by atoms with van der Waals surface area (Å²) in [6, 6.07) is 1.86. The van der Waals surface area contributed by atoms with Crippen LogP contribution in [0.3, 0.4) is 0 Å². The summed E-state index contributed by atoms with van der Waals surface area (Å²) in [6.07, 6.45) is 10.4. The first-order valence-corrected chi connectivity index (χ1v) is 8.89. The van der Waals surface area contributed by atoms with E-state index in [4.69, 9.17) is 0 Å². The molecule has 2 fully saturated rings. The topological polar surface area (TPSA) is 79.2 Å². The van der Waals surface area contributed by atoms with Gasteiger partial charge in [0.15, 0.2) is 0 Å². The van der Waals surface area contributed by atoms with Crippen molar-refractivity contribution in [2.75, 3.05) is 19.6 Å². The van der Waals surface area contributed by atoms with Crippen LogP contribution in [0.15, 0.2) is 18.5 Å². The molecule has 1 amide bonds. The first kappa shape index (κ1) is 16.5. The molecule has 128 valence electrons. The van der Waals surface area contributed by atoms with E-state index in [0.717, 1.165) is 38.8 Å². The molecule has 1 aromatic heterocycles. The quantitative estimate of drug-likeness (QED) is 0.757. The SMILES string of the molecule is O=C(NCC(O)C1CCCCC1)C1(n2cccn2)CCNCC1. The van der Waals surface area contributed by atoms with Gasteiger partial charge in [-0.3, -0.25) is 9.48 Å². The highest BCUT2D eigenvalue weighted by molar-refractivity contribution is 5.84. The van der Waals surface area contributed by atoms with Crippen molar-refractivity contribution in [3.8, 4) is 0 Å². The van der Waals surface area contributed by atoms with Gasteiger partial charge in [0.2, 0.25) is 5.91 Å². The van der Waals surface area contributed by atoms with Gasteiger partial charge in [0.25, 0.3) is 0 Å². The summed E-state index contributed by atoms with van der Waals surface area (Å²) in [5.41, 5.74) is -0.624. The van der Waals surface area contributed by atoms with Crippen molar-refractivity contribution in [2.45, 2.75) is 56.6 Å². The molecule has 6 nitrogen and oxygen atoms in total. The predicted octanol–water partition coefficient (Wildman–Crippen LogP) is 1.02. The summed E-state index contributed by atoms with van der Waals surface area (Å²) >= 11 is 0. The van der Waals surface area contributed by atoms with Gasteiger partial charge in [0.05, 0.1) is 6.10 Å². The Labute approximate surface area is 137 Å². The van der Waals surface area contributed by atoms with Crippen molar-refractivity contribution in [1.29, 1.82) is 0 Å².